The Labute approximate surface area is 146 Å². The van der Waals surface area contributed by atoms with E-state index < -0.39 is 0 Å². The minimum atomic E-state index is -0.172. The van der Waals surface area contributed by atoms with E-state index in [4.69, 9.17) is 0 Å². The molecule has 1 aromatic carbocycles. The van der Waals surface area contributed by atoms with Gasteiger partial charge in [0, 0.05) is 18.5 Å². The van der Waals surface area contributed by atoms with Crippen LogP contribution in [0.1, 0.15) is 29.4 Å². The predicted molar refractivity (Wildman–Crippen MR) is 98.1 cm³/mol. The summed E-state index contributed by atoms with van der Waals surface area (Å²) in [7, 11) is 0. The lowest BCUT2D eigenvalue weighted by molar-refractivity contribution is -0.113. The molecule has 0 aliphatic rings. The molecule has 2 aromatic rings. The van der Waals surface area contributed by atoms with Gasteiger partial charge < -0.3 is 10.6 Å². The van der Waals surface area contributed by atoms with Gasteiger partial charge >= 0.3 is 0 Å². The third-order valence-corrected chi connectivity index (χ3v) is 4.16. The number of thioether (sulfide) groups is 1. The summed E-state index contributed by atoms with van der Waals surface area (Å²) in [5.41, 5.74) is 1.96. The van der Waals surface area contributed by atoms with Gasteiger partial charge in [0.05, 0.1) is 22.7 Å². The number of anilines is 1. The molecule has 2 rings (SSSR count). The first kappa shape index (κ1) is 18.0. The smallest absolute Gasteiger partial charge is 0.253 e. The van der Waals surface area contributed by atoms with E-state index in [1.807, 2.05) is 25.1 Å². The molecule has 0 aliphatic heterocycles. The monoisotopic (exact) mass is 343 g/mol. The second kappa shape index (κ2) is 9.72. The lowest BCUT2D eigenvalue weighted by Crippen LogP contribution is -2.26. The molecule has 0 fully saturated rings. The Bertz CT molecular complexity index is 677. The number of nitrogens with zero attached hydrogens (tertiary/aromatic N) is 1. The Kier molecular flexibility index (Phi) is 7.29. The summed E-state index contributed by atoms with van der Waals surface area (Å²) >= 11 is 1.49. The second-order valence-electron chi connectivity index (χ2n) is 5.16. The van der Waals surface area contributed by atoms with Gasteiger partial charge in [-0.1, -0.05) is 25.1 Å². The highest BCUT2D eigenvalue weighted by Gasteiger charge is 2.12. The number of benzene rings is 1. The van der Waals surface area contributed by atoms with Crippen molar-refractivity contribution < 1.29 is 9.59 Å². The first-order valence-corrected chi connectivity index (χ1v) is 9.01. The van der Waals surface area contributed by atoms with Crippen LogP contribution < -0.4 is 10.6 Å². The molecule has 5 nitrogen and oxygen atoms in total. The van der Waals surface area contributed by atoms with Gasteiger partial charge in [-0.15, -0.1) is 11.8 Å². The van der Waals surface area contributed by atoms with Crippen molar-refractivity contribution in [2.45, 2.75) is 19.1 Å². The number of hydrogen-bond donors (Lipinski definition) is 2. The fourth-order valence-electron chi connectivity index (χ4n) is 2.04. The summed E-state index contributed by atoms with van der Waals surface area (Å²) in [6, 6.07) is 12.7. The van der Waals surface area contributed by atoms with Crippen LogP contribution in [0.2, 0.25) is 0 Å². The summed E-state index contributed by atoms with van der Waals surface area (Å²) in [4.78, 5) is 28.5. The summed E-state index contributed by atoms with van der Waals surface area (Å²) in [6.45, 7) is 2.60. The lowest BCUT2D eigenvalue weighted by Gasteiger charge is -2.11. The van der Waals surface area contributed by atoms with Gasteiger partial charge in [-0.05, 0) is 30.7 Å². The van der Waals surface area contributed by atoms with E-state index in [0.29, 0.717) is 29.3 Å². The predicted octanol–water partition coefficient (Wildman–Crippen LogP) is 3.09. The molecular formula is C18H21N3O2S. The zero-order valence-electron chi connectivity index (χ0n) is 13.6. The molecule has 2 N–H and O–H groups in total. The largest absolute Gasteiger partial charge is 0.352 e. The highest BCUT2D eigenvalue weighted by molar-refractivity contribution is 7.99. The van der Waals surface area contributed by atoms with Crippen LogP contribution >= 0.6 is 11.8 Å². The van der Waals surface area contributed by atoms with Crippen molar-refractivity contribution in [3.05, 3.63) is 59.9 Å². The number of carbonyl (C=O) groups is 2. The first-order valence-electron chi connectivity index (χ1n) is 7.85. The molecule has 1 aromatic heterocycles. The zero-order valence-corrected chi connectivity index (χ0v) is 14.4. The molecule has 0 aliphatic carbocycles. The van der Waals surface area contributed by atoms with E-state index in [9.17, 15) is 9.59 Å². The number of carbonyl (C=O) groups excluding carboxylic acids is 2. The van der Waals surface area contributed by atoms with E-state index >= 15 is 0 Å². The quantitative estimate of drug-likeness (QED) is 0.773. The van der Waals surface area contributed by atoms with Crippen molar-refractivity contribution in [1.29, 1.82) is 0 Å². The fraction of sp³-hybridized carbons (Fsp3) is 0.278. The number of hydrogen-bond acceptors (Lipinski definition) is 4. The zero-order chi connectivity index (χ0) is 17.2. The summed E-state index contributed by atoms with van der Waals surface area (Å²) in [5, 5.41) is 5.64. The molecule has 0 saturated heterocycles. The summed E-state index contributed by atoms with van der Waals surface area (Å²) < 4.78 is 0. The maximum atomic E-state index is 12.1. The molecule has 0 unspecified atom stereocenters. The first-order chi connectivity index (χ1) is 11.7. The number of aromatic nitrogens is 1. The highest BCUT2D eigenvalue weighted by atomic mass is 32.2. The van der Waals surface area contributed by atoms with Crippen LogP contribution in [0.25, 0.3) is 0 Å². The standard InChI is InChI=1S/C18H21N3O2S/c1-2-10-20-18(23)15-8-3-4-9-16(15)21-17(22)13-24-12-14-7-5-6-11-19-14/h3-9,11H,2,10,12-13H2,1H3,(H,20,23)(H,21,22). The van der Waals surface area contributed by atoms with Crippen molar-refractivity contribution in [1.82, 2.24) is 10.3 Å². The Hall–Kier alpha value is -2.34. The van der Waals surface area contributed by atoms with Gasteiger partial charge in [0.1, 0.15) is 0 Å². The van der Waals surface area contributed by atoms with E-state index in [1.54, 1.807) is 30.5 Å². The highest BCUT2D eigenvalue weighted by Crippen LogP contribution is 2.16. The van der Waals surface area contributed by atoms with Crippen LogP contribution in [-0.2, 0) is 10.5 Å². The van der Waals surface area contributed by atoms with E-state index in [1.165, 1.54) is 11.8 Å². The number of nitrogens with one attached hydrogen (secondary N) is 2. The molecule has 2 amide bonds. The fourth-order valence-corrected chi connectivity index (χ4v) is 2.78. The molecule has 6 heteroatoms. The number of rotatable bonds is 8. The Morgan fingerprint density at radius 1 is 1.12 bits per heavy atom. The van der Waals surface area contributed by atoms with Gasteiger partial charge in [-0.2, -0.15) is 0 Å². The average Bonchev–Trinajstić information content (AvgIpc) is 2.61. The normalized spacial score (nSPS) is 10.2. The third-order valence-electron chi connectivity index (χ3n) is 3.19. The van der Waals surface area contributed by atoms with Crippen molar-refractivity contribution >= 4 is 29.3 Å². The van der Waals surface area contributed by atoms with Crippen LogP contribution in [-0.4, -0.2) is 29.1 Å². The van der Waals surface area contributed by atoms with Gasteiger partial charge in [-0.25, -0.2) is 0 Å². The van der Waals surface area contributed by atoms with Gasteiger partial charge in [0.15, 0.2) is 0 Å². The van der Waals surface area contributed by atoms with Gasteiger partial charge in [0.25, 0.3) is 5.91 Å². The number of pyridine rings is 1. The van der Waals surface area contributed by atoms with E-state index in [0.717, 1.165) is 12.1 Å². The molecule has 1 heterocycles. The van der Waals surface area contributed by atoms with E-state index in [-0.39, 0.29) is 11.8 Å². The Morgan fingerprint density at radius 2 is 1.92 bits per heavy atom. The molecular weight excluding hydrogens is 322 g/mol. The van der Waals surface area contributed by atoms with Crippen LogP contribution in [0.5, 0.6) is 0 Å². The molecule has 0 saturated carbocycles. The van der Waals surface area contributed by atoms with Crippen LogP contribution in [0.3, 0.4) is 0 Å². The topological polar surface area (TPSA) is 71.1 Å². The SMILES string of the molecule is CCCNC(=O)c1ccccc1NC(=O)CSCc1ccccn1. The molecule has 0 atom stereocenters. The van der Waals surface area contributed by atoms with Crippen LogP contribution in [0.15, 0.2) is 48.7 Å². The molecule has 0 radical (unpaired) electrons. The third kappa shape index (κ3) is 5.70. The minimum Gasteiger partial charge on any atom is -0.352 e. The van der Waals surface area contributed by atoms with Gasteiger partial charge in [0.2, 0.25) is 5.91 Å². The number of amides is 2. The second-order valence-corrected chi connectivity index (χ2v) is 6.15. The van der Waals surface area contributed by atoms with E-state index in [2.05, 4.69) is 15.6 Å². The van der Waals surface area contributed by atoms with Crippen molar-refractivity contribution in [2.24, 2.45) is 0 Å². The van der Waals surface area contributed by atoms with Crippen molar-refractivity contribution in [3.63, 3.8) is 0 Å². The summed E-state index contributed by atoms with van der Waals surface area (Å²) in [6.07, 6.45) is 2.60. The summed E-state index contributed by atoms with van der Waals surface area (Å²) in [5.74, 6) is 0.676. The molecule has 0 spiro atoms. The lowest BCUT2D eigenvalue weighted by atomic mass is 10.1. The van der Waals surface area contributed by atoms with Crippen LogP contribution in [0.4, 0.5) is 5.69 Å². The number of para-hydroxylation sites is 1. The Morgan fingerprint density at radius 3 is 2.67 bits per heavy atom. The maximum Gasteiger partial charge on any atom is 0.253 e. The maximum absolute atomic E-state index is 12.1. The van der Waals surface area contributed by atoms with Crippen molar-refractivity contribution in [3.8, 4) is 0 Å². The Balaban J connectivity index is 1.88. The van der Waals surface area contributed by atoms with Crippen LogP contribution in [0, 0.1) is 0 Å². The molecule has 126 valence electrons. The average molecular weight is 343 g/mol. The van der Waals surface area contributed by atoms with Crippen molar-refractivity contribution in [2.75, 3.05) is 17.6 Å². The van der Waals surface area contributed by atoms with Gasteiger partial charge in [-0.3, -0.25) is 14.6 Å². The molecule has 24 heavy (non-hydrogen) atoms. The molecule has 0 bridgehead atoms. The minimum absolute atomic E-state index is 0.133.